The Hall–Kier alpha value is -2.50. The highest BCUT2D eigenvalue weighted by Gasteiger charge is 2.27. The van der Waals surface area contributed by atoms with Gasteiger partial charge in [0.15, 0.2) is 0 Å². The Kier molecular flexibility index (Phi) is 5.58. The smallest absolute Gasteiger partial charge is 0.322 e. The molecule has 2 aromatic rings. The van der Waals surface area contributed by atoms with Crippen molar-refractivity contribution >= 4 is 11.7 Å². The van der Waals surface area contributed by atoms with Crippen LogP contribution in [0.5, 0.6) is 5.75 Å². The number of carbonyl (C=O) groups is 1. The molecule has 1 aliphatic rings. The number of hydrogen-bond acceptors (Lipinski definition) is 3. The van der Waals surface area contributed by atoms with Gasteiger partial charge < -0.3 is 15.0 Å². The Balaban J connectivity index is 1.77. The monoisotopic (exact) mass is 342 g/mol. The maximum Gasteiger partial charge on any atom is 0.322 e. The Morgan fingerprint density at radius 3 is 2.76 bits per heavy atom. The number of benzene rings is 1. The largest absolute Gasteiger partial charge is 0.497 e. The van der Waals surface area contributed by atoms with Gasteiger partial charge in [-0.25, -0.2) is 4.79 Å². The fourth-order valence-corrected chi connectivity index (χ4v) is 3.32. The van der Waals surface area contributed by atoms with Crippen molar-refractivity contribution in [2.75, 3.05) is 19.0 Å². The zero-order chi connectivity index (χ0) is 17.6. The maximum absolute atomic E-state index is 12.9. The summed E-state index contributed by atoms with van der Waals surface area (Å²) in [6.07, 6.45) is 7.86. The van der Waals surface area contributed by atoms with Crippen LogP contribution in [0.25, 0.3) is 0 Å². The number of hydrogen-bond donors (Lipinski definition) is 1. The molecule has 2 amide bonds. The lowest BCUT2D eigenvalue weighted by Gasteiger charge is -2.30. The molecular weight excluding hydrogens is 316 g/mol. The van der Waals surface area contributed by atoms with Gasteiger partial charge in [-0.15, -0.1) is 0 Å². The summed E-state index contributed by atoms with van der Waals surface area (Å²) in [6, 6.07) is 8.07. The third-order valence-electron chi connectivity index (χ3n) is 4.72. The molecule has 1 aliphatic heterocycles. The minimum absolute atomic E-state index is 0.0571. The van der Waals surface area contributed by atoms with Crippen molar-refractivity contribution in [1.29, 1.82) is 0 Å². The molecule has 3 rings (SSSR count). The molecule has 1 N–H and O–H groups in total. The van der Waals surface area contributed by atoms with Gasteiger partial charge in [0.1, 0.15) is 5.75 Å². The highest BCUT2D eigenvalue weighted by molar-refractivity contribution is 5.89. The summed E-state index contributed by atoms with van der Waals surface area (Å²) in [6.45, 7) is 3.58. The molecule has 0 bridgehead atoms. The minimum atomic E-state index is -0.0571. The molecule has 0 aliphatic carbocycles. The SMILES string of the molecule is CCn1cc(NC(=O)N2CCCCC[C@@H]2c2ccc(OC)cc2)cn1. The first-order valence-electron chi connectivity index (χ1n) is 8.95. The Bertz CT molecular complexity index is 696. The van der Waals surface area contributed by atoms with Gasteiger partial charge in [0.05, 0.1) is 25.0 Å². The Morgan fingerprint density at radius 2 is 2.08 bits per heavy atom. The average Bonchev–Trinajstić information content (AvgIpc) is 2.95. The molecule has 1 aromatic heterocycles. The first-order valence-corrected chi connectivity index (χ1v) is 8.95. The molecule has 1 saturated heterocycles. The summed E-state index contributed by atoms with van der Waals surface area (Å²) in [5.74, 6) is 0.834. The van der Waals surface area contributed by atoms with Crippen LogP contribution >= 0.6 is 0 Å². The van der Waals surface area contributed by atoms with Crippen LogP contribution in [0.3, 0.4) is 0 Å². The van der Waals surface area contributed by atoms with Crippen molar-refractivity contribution in [3.05, 3.63) is 42.2 Å². The van der Waals surface area contributed by atoms with Gasteiger partial charge in [-0.05, 0) is 37.5 Å². The van der Waals surface area contributed by atoms with Crippen LogP contribution in [-0.2, 0) is 6.54 Å². The second-order valence-corrected chi connectivity index (χ2v) is 6.35. The standard InChI is InChI=1S/C19H26N4O2/c1-3-22-14-16(13-20-22)21-19(24)23-12-6-4-5-7-18(23)15-8-10-17(25-2)11-9-15/h8-11,13-14,18H,3-7,12H2,1-2H3,(H,21,24)/t18-/m1/s1. The van der Waals surface area contributed by atoms with Crippen LogP contribution in [0.4, 0.5) is 10.5 Å². The number of aryl methyl sites for hydroxylation is 1. The van der Waals surface area contributed by atoms with Crippen LogP contribution in [-0.4, -0.2) is 34.4 Å². The van der Waals surface area contributed by atoms with E-state index in [0.29, 0.717) is 0 Å². The van der Waals surface area contributed by atoms with Crippen molar-refractivity contribution in [3.63, 3.8) is 0 Å². The van der Waals surface area contributed by atoms with E-state index < -0.39 is 0 Å². The lowest BCUT2D eigenvalue weighted by Crippen LogP contribution is -2.38. The predicted molar refractivity (Wildman–Crippen MR) is 97.8 cm³/mol. The first kappa shape index (κ1) is 17.3. The molecule has 0 radical (unpaired) electrons. The van der Waals surface area contributed by atoms with E-state index in [1.807, 2.05) is 30.2 Å². The number of aromatic nitrogens is 2. The van der Waals surface area contributed by atoms with Crippen LogP contribution in [0.2, 0.25) is 0 Å². The minimum Gasteiger partial charge on any atom is -0.497 e. The number of rotatable bonds is 4. The molecule has 1 fully saturated rings. The fraction of sp³-hybridized carbons (Fsp3) is 0.474. The Labute approximate surface area is 148 Å². The van der Waals surface area contributed by atoms with E-state index >= 15 is 0 Å². The van der Waals surface area contributed by atoms with E-state index in [0.717, 1.165) is 55.8 Å². The van der Waals surface area contributed by atoms with Gasteiger partial charge in [-0.1, -0.05) is 25.0 Å². The topological polar surface area (TPSA) is 59.4 Å². The number of likely N-dealkylation sites (tertiary alicyclic amines) is 1. The second kappa shape index (κ2) is 8.05. The number of nitrogens with zero attached hydrogens (tertiary/aromatic N) is 3. The summed E-state index contributed by atoms with van der Waals surface area (Å²) < 4.78 is 7.05. The third kappa shape index (κ3) is 4.13. The molecular formula is C19H26N4O2. The molecule has 1 aromatic carbocycles. The second-order valence-electron chi connectivity index (χ2n) is 6.35. The summed E-state index contributed by atoms with van der Waals surface area (Å²) in [5, 5.41) is 7.21. The molecule has 1 atom stereocenters. The number of anilines is 1. The van der Waals surface area contributed by atoms with Crippen LogP contribution in [0.1, 0.15) is 44.2 Å². The molecule has 2 heterocycles. The van der Waals surface area contributed by atoms with Crippen molar-refractivity contribution < 1.29 is 9.53 Å². The van der Waals surface area contributed by atoms with Crippen LogP contribution in [0, 0.1) is 0 Å². The summed E-state index contributed by atoms with van der Waals surface area (Å²) in [7, 11) is 1.66. The zero-order valence-electron chi connectivity index (χ0n) is 14.9. The number of carbonyl (C=O) groups excluding carboxylic acids is 1. The summed E-state index contributed by atoms with van der Waals surface area (Å²) >= 11 is 0. The van der Waals surface area contributed by atoms with Crippen LogP contribution < -0.4 is 10.1 Å². The van der Waals surface area contributed by atoms with E-state index in [2.05, 4.69) is 22.5 Å². The van der Waals surface area contributed by atoms with Crippen molar-refractivity contribution in [2.45, 2.75) is 45.2 Å². The zero-order valence-corrected chi connectivity index (χ0v) is 14.9. The molecule has 25 heavy (non-hydrogen) atoms. The molecule has 0 unspecified atom stereocenters. The third-order valence-corrected chi connectivity index (χ3v) is 4.72. The van der Waals surface area contributed by atoms with Gasteiger partial charge in [-0.2, -0.15) is 5.10 Å². The highest BCUT2D eigenvalue weighted by Crippen LogP contribution is 2.31. The predicted octanol–water partition coefficient (Wildman–Crippen LogP) is 4.06. The van der Waals surface area contributed by atoms with E-state index in [9.17, 15) is 4.79 Å². The maximum atomic E-state index is 12.9. The van der Waals surface area contributed by atoms with E-state index in [1.54, 1.807) is 18.0 Å². The van der Waals surface area contributed by atoms with Crippen molar-refractivity contribution in [3.8, 4) is 5.75 Å². The average molecular weight is 342 g/mol. The van der Waals surface area contributed by atoms with Gasteiger partial charge in [0.2, 0.25) is 0 Å². The van der Waals surface area contributed by atoms with Crippen LogP contribution in [0.15, 0.2) is 36.7 Å². The molecule has 6 heteroatoms. The highest BCUT2D eigenvalue weighted by atomic mass is 16.5. The molecule has 0 saturated carbocycles. The first-order chi connectivity index (χ1) is 12.2. The number of amides is 2. The quantitative estimate of drug-likeness (QED) is 0.911. The van der Waals surface area contributed by atoms with E-state index in [1.165, 1.54) is 0 Å². The Morgan fingerprint density at radius 1 is 1.28 bits per heavy atom. The number of ether oxygens (including phenoxy) is 1. The molecule has 0 spiro atoms. The summed E-state index contributed by atoms with van der Waals surface area (Å²) in [4.78, 5) is 14.8. The number of urea groups is 1. The van der Waals surface area contributed by atoms with Gasteiger partial charge >= 0.3 is 6.03 Å². The number of methoxy groups -OCH3 is 1. The van der Waals surface area contributed by atoms with Gasteiger partial charge in [0, 0.05) is 19.3 Å². The molecule has 6 nitrogen and oxygen atoms in total. The summed E-state index contributed by atoms with van der Waals surface area (Å²) in [5.41, 5.74) is 1.90. The van der Waals surface area contributed by atoms with Crippen molar-refractivity contribution in [1.82, 2.24) is 14.7 Å². The lowest BCUT2D eigenvalue weighted by molar-refractivity contribution is 0.189. The number of nitrogens with one attached hydrogen (secondary N) is 1. The lowest BCUT2D eigenvalue weighted by atomic mass is 10.0. The van der Waals surface area contributed by atoms with Gasteiger partial charge in [-0.3, -0.25) is 4.68 Å². The van der Waals surface area contributed by atoms with E-state index in [4.69, 9.17) is 4.74 Å². The normalized spacial score (nSPS) is 17.8. The van der Waals surface area contributed by atoms with Crippen molar-refractivity contribution in [2.24, 2.45) is 0 Å². The van der Waals surface area contributed by atoms with Gasteiger partial charge in [0.25, 0.3) is 0 Å². The fourth-order valence-electron chi connectivity index (χ4n) is 3.32. The van der Waals surface area contributed by atoms with E-state index in [-0.39, 0.29) is 12.1 Å². The molecule has 134 valence electrons.